The average Bonchev–Trinajstić information content (AvgIpc) is 2.47. The summed E-state index contributed by atoms with van der Waals surface area (Å²) in [5, 5.41) is 0. The van der Waals surface area contributed by atoms with Crippen molar-refractivity contribution in [2.45, 2.75) is 50.3 Å². The zero-order valence-corrected chi connectivity index (χ0v) is 13.1. The largest absolute Gasteiger partial charge is 0.524 e. The fourth-order valence-corrected chi connectivity index (χ4v) is 2.60. The maximum atomic E-state index is 11.7. The lowest BCUT2D eigenvalue weighted by Gasteiger charge is -2.06. The van der Waals surface area contributed by atoms with Crippen LogP contribution in [0, 0.1) is 0 Å². The van der Waals surface area contributed by atoms with Gasteiger partial charge in [-0.1, -0.05) is 57.2 Å². The van der Waals surface area contributed by atoms with E-state index in [1.165, 1.54) is 31.4 Å². The molecule has 6 heteroatoms. The van der Waals surface area contributed by atoms with E-state index in [9.17, 15) is 13.2 Å². The monoisotopic (exact) mass is 314 g/mol. The van der Waals surface area contributed by atoms with Crippen molar-refractivity contribution >= 4 is 16.3 Å². The molecule has 1 rings (SSSR count). The smallest absolute Gasteiger partial charge is 0.433 e. The number of carbonyl (C=O) groups is 1. The van der Waals surface area contributed by atoms with Crippen LogP contribution in [0.5, 0.6) is 0 Å². The Morgan fingerprint density at radius 2 is 1.62 bits per heavy atom. The molecule has 0 bridgehead atoms. The van der Waals surface area contributed by atoms with E-state index in [1.807, 2.05) is 0 Å². The second kappa shape index (κ2) is 9.39. The standard InChI is InChI=1S/C15H22O5S/c1-2-3-4-5-6-10-13-19-15(16)20-21(17,18)14-11-8-7-9-12-14/h7-9,11-12H,2-6,10,13H2,1H3. The Morgan fingerprint density at radius 1 is 1.00 bits per heavy atom. The molecule has 0 saturated heterocycles. The molecule has 0 atom stereocenters. The van der Waals surface area contributed by atoms with Crippen molar-refractivity contribution in [2.24, 2.45) is 0 Å². The van der Waals surface area contributed by atoms with Crippen molar-refractivity contribution in [3.8, 4) is 0 Å². The van der Waals surface area contributed by atoms with E-state index in [0.717, 1.165) is 12.8 Å². The van der Waals surface area contributed by atoms with Gasteiger partial charge in [-0.3, -0.25) is 0 Å². The Hall–Kier alpha value is -1.56. The van der Waals surface area contributed by atoms with E-state index < -0.39 is 16.3 Å². The molecule has 21 heavy (non-hydrogen) atoms. The molecule has 0 heterocycles. The van der Waals surface area contributed by atoms with E-state index in [1.54, 1.807) is 18.2 Å². The van der Waals surface area contributed by atoms with E-state index in [4.69, 9.17) is 4.74 Å². The molecule has 0 N–H and O–H groups in total. The fraction of sp³-hybridized carbons (Fsp3) is 0.533. The van der Waals surface area contributed by atoms with Gasteiger partial charge in [-0.05, 0) is 18.6 Å². The summed E-state index contributed by atoms with van der Waals surface area (Å²) in [6, 6.07) is 7.50. The zero-order chi connectivity index (χ0) is 15.6. The van der Waals surface area contributed by atoms with E-state index >= 15 is 0 Å². The van der Waals surface area contributed by atoms with Crippen molar-refractivity contribution in [3.63, 3.8) is 0 Å². The van der Waals surface area contributed by atoms with Gasteiger partial charge in [0.15, 0.2) is 0 Å². The molecule has 0 amide bonds. The van der Waals surface area contributed by atoms with Gasteiger partial charge in [0.2, 0.25) is 0 Å². The number of hydrogen-bond donors (Lipinski definition) is 0. The molecular weight excluding hydrogens is 292 g/mol. The molecule has 5 nitrogen and oxygen atoms in total. The summed E-state index contributed by atoms with van der Waals surface area (Å²) in [4.78, 5) is 11.3. The Morgan fingerprint density at radius 3 is 2.29 bits per heavy atom. The van der Waals surface area contributed by atoms with Crippen LogP contribution in [0.15, 0.2) is 35.2 Å². The maximum absolute atomic E-state index is 11.7. The number of ether oxygens (including phenoxy) is 1. The van der Waals surface area contributed by atoms with Gasteiger partial charge in [0.25, 0.3) is 0 Å². The normalized spacial score (nSPS) is 11.1. The van der Waals surface area contributed by atoms with Gasteiger partial charge in [0.05, 0.1) is 6.61 Å². The van der Waals surface area contributed by atoms with Crippen LogP contribution in [0.3, 0.4) is 0 Å². The number of carbonyl (C=O) groups excluding carboxylic acids is 1. The second-order valence-corrected chi connectivity index (χ2v) is 6.26. The lowest BCUT2D eigenvalue weighted by molar-refractivity contribution is 0.0996. The quantitative estimate of drug-likeness (QED) is 0.393. The summed E-state index contributed by atoms with van der Waals surface area (Å²) in [5.41, 5.74) is 0. The topological polar surface area (TPSA) is 69.7 Å². The van der Waals surface area contributed by atoms with Crippen LogP contribution in [-0.2, 0) is 19.0 Å². The highest BCUT2D eigenvalue weighted by Gasteiger charge is 2.20. The molecule has 0 aliphatic carbocycles. The second-order valence-electron chi connectivity index (χ2n) is 4.72. The molecule has 0 aliphatic rings. The maximum Gasteiger partial charge on any atom is 0.524 e. The Bertz CT molecular complexity index is 510. The Labute approximate surface area is 126 Å². The Kier molecular flexibility index (Phi) is 7.82. The average molecular weight is 314 g/mol. The van der Waals surface area contributed by atoms with Crippen molar-refractivity contribution < 1.29 is 22.1 Å². The van der Waals surface area contributed by atoms with Crippen molar-refractivity contribution in [2.75, 3.05) is 6.61 Å². The van der Waals surface area contributed by atoms with E-state index in [-0.39, 0.29) is 11.5 Å². The number of unbranched alkanes of at least 4 members (excludes halogenated alkanes) is 5. The molecule has 0 unspecified atom stereocenters. The highest BCUT2D eigenvalue weighted by atomic mass is 32.2. The minimum Gasteiger partial charge on any atom is -0.433 e. The first kappa shape index (κ1) is 17.5. The van der Waals surface area contributed by atoms with Gasteiger partial charge in [-0.25, -0.2) is 4.79 Å². The summed E-state index contributed by atoms with van der Waals surface area (Å²) in [6.45, 7) is 2.32. The molecule has 0 saturated carbocycles. The predicted octanol–water partition coefficient (Wildman–Crippen LogP) is 3.89. The van der Waals surface area contributed by atoms with Crippen LogP contribution in [0.1, 0.15) is 45.4 Å². The molecule has 0 spiro atoms. The zero-order valence-electron chi connectivity index (χ0n) is 12.3. The lowest BCUT2D eigenvalue weighted by Crippen LogP contribution is -2.15. The van der Waals surface area contributed by atoms with Gasteiger partial charge in [-0.15, -0.1) is 0 Å². The summed E-state index contributed by atoms with van der Waals surface area (Å²) in [5.74, 6) is 0. The molecule has 1 aromatic carbocycles. The highest BCUT2D eigenvalue weighted by Crippen LogP contribution is 2.12. The van der Waals surface area contributed by atoms with Gasteiger partial charge in [0.1, 0.15) is 4.90 Å². The molecule has 0 aliphatic heterocycles. The minimum atomic E-state index is -4.09. The molecule has 0 aromatic heterocycles. The third-order valence-corrected chi connectivity index (χ3v) is 4.13. The fourth-order valence-electron chi connectivity index (χ4n) is 1.79. The third kappa shape index (κ3) is 7.13. The molecule has 0 radical (unpaired) electrons. The number of rotatable bonds is 9. The highest BCUT2D eigenvalue weighted by molar-refractivity contribution is 7.87. The van der Waals surface area contributed by atoms with Crippen LogP contribution in [0.2, 0.25) is 0 Å². The molecule has 118 valence electrons. The van der Waals surface area contributed by atoms with Crippen molar-refractivity contribution in [1.82, 2.24) is 0 Å². The Balaban J connectivity index is 2.25. The molecule has 0 fully saturated rings. The summed E-state index contributed by atoms with van der Waals surface area (Å²) < 4.78 is 32.6. The minimum absolute atomic E-state index is 0.0680. The SMILES string of the molecule is CCCCCCCCOC(=O)OS(=O)(=O)c1ccccc1. The van der Waals surface area contributed by atoms with Gasteiger partial charge in [0, 0.05) is 0 Å². The molecule has 1 aromatic rings. The predicted molar refractivity (Wildman–Crippen MR) is 79.4 cm³/mol. The van der Waals surface area contributed by atoms with Crippen molar-refractivity contribution in [3.05, 3.63) is 30.3 Å². The van der Waals surface area contributed by atoms with E-state index in [2.05, 4.69) is 11.1 Å². The molecular formula is C15H22O5S. The first-order chi connectivity index (χ1) is 10.1. The van der Waals surface area contributed by atoms with Gasteiger partial charge < -0.3 is 8.92 Å². The van der Waals surface area contributed by atoms with Crippen LogP contribution in [0.4, 0.5) is 4.79 Å². The third-order valence-electron chi connectivity index (χ3n) is 2.93. The summed E-state index contributed by atoms with van der Waals surface area (Å²) >= 11 is 0. The van der Waals surface area contributed by atoms with Crippen LogP contribution < -0.4 is 0 Å². The van der Waals surface area contributed by atoms with Gasteiger partial charge >= 0.3 is 16.3 Å². The number of hydrogen-bond acceptors (Lipinski definition) is 5. The summed E-state index contributed by atoms with van der Waals surface area (Å²) in [7, 11) is -4.09. The van der Waals surface area contributed by atoms with Crippen LogP contribution in [0.25, 0.3) is 0 Å². The first-order valence-corrected chi connectivity index (χ1v) is 8.63. The lowest BCUT2D eigenvalue weighted by atomic mass is 10.1. The summed E-state index contributed by atoms with van der Waals surface area (Å²) in [6.07, 6.45) is 5.14. The number of benzene rings is 1. The van der Waals surface area contributed by atoms with Crippen LogP contribution in [-0.4, -0.2) is 21.2 Å². The van der Waals surface area contributed by atoms with E-state index in [0.29, 0.717) is 6.42 Å². The van der Waals surface area contributed by atoms with Gasteiger partial charge in [-0.2, -0.15) is 8.42 Å². The first-order valence-electron chi connectivity index (χ1n) is 7.22. The van der Waals surface area contributed by atoms with Crippen molar-refractivity contribution in [1.29, 1.82) is 0 Å². The van der Waals surface area contributed by atoms with Crippen LogP contribution >= 0.6 is 0 Å².